The summed E-state index contributed by atoms with van der Waals surface area (Å²) in [4.78, 5) is 10.6. The van der Waals surface area contributed by atoms with Gasteiger partial charge in [0.25, 0.3) is 0 Å². The summed E-state index contributed by atoms with van der Waals surface area (Å²) < 4.78 is 0. The second-order valence-corrected chi connectivity index (χ2v) is 2.14. The summed E-state index contributed by atoms with van der Waals surface area (Å²) in [6, 6.07) is 1.73. The maximum absolute atomic E-state index is 10.6. The fourth-order valence-corrected chi connectivity index (χ4v) is 0.661. The number of nitrogens with one attached hydrogen (secondary N) is 1. The average Bonchev–Trinajstić information content (AvgIpc) is 2.36. The molecule has 3 N–H and O–H groups in total. The number of hydrogen-bond acceptors (Lipinski definition) is 2. The van der Waals surface area contributed by atoms with Crippen LogP contribution in [0.25, 0.3) is 0 Å². The van der Waals surface area contributed by atoms with Crippen LogP contribution in [0.3, 0.4) is 0 Å². The van der Waals surface area contributed by atoms with Crippen LogP contribution in [-0.2, 0) is 4.79 Å². The van der Waals surface area contributed by atoms with Crippen LogP contribution < -0.4 is 5.73 Å². The molecular weight excluding hydrogens is 130 g/mol. The van der Waals surface area contributed by atoms with Gasteiger partial charge in [-0.3, -0.25) is 9.89 Å². The van der Waals surface area contributed by atoms with Crippen molar-refractivity contribution in [2.24, 2.45) is 5.73 Å². The highest BCUT2D eigenvalue weighted by atomic mass is 16.1. The Morgan fingerprint density at radius 3 is 3.00 bits per heavy atom. The Hall–Kier alpha value is -1.32. The zero-order valence-electron chi connectivity index (χ0n) is 5.66. The Morgan fingerprint density at radius 2 is 2.60 bits per heavy atom. The van der Waals surface area contributed by atoms with Gasteiger partial charge in [0.1, 0.15) is 0 Å². The van der Waals surface area contributed by atoms with Crippen molar-refractivity contribution >= 4 is 5.91 Å². The van der Waals surface area contributed by atoms with Crippen LogP contribution in [0.5, 0.6) is 0 Å². The van der Waals surface area contributed by atoms with Gasteiger partial charge in [-0.15, -0.1) is 0 Å². The summed E-state index contributed by atoms with van der Waals surface area (Å²) in [5.74, 6) is -0.619. The molecular formula is C6H9N3O. The molecule has 1 heterocycles. The smallest absolute Gasteiger partial charge is 0.226 e. The average molecular weight is 139 g/mol. The Bertz CT molecular complexity index is 217. The topological polar surface area (TPSA) is 71.8 Å². The van der Waals surface area contributed by atoms with E-state index in [1.165, 1.54) is 0 Å². The molecule has 0 bridgehead atoms. The standard InChI is InChI=1S/C6H9N3O/c1-4(6(7)10)5-2-3-8-9-5/h2-4H,1H3,(H2,7,10)(H,8,9). The number of hydrogen-bond donors (Lipinski definition) is 2. The van der Waals surface area contributed by atoms with Crippen molar-refractivity contribution < 1.29 is 4.79 Å². The summed E-state index contributed by atoms with van der Waals surface area (Å²) in [7, 11) is 0. The van der Waals surface area contributed by atoms with E-state index in [4.69, 9.17) is 5.73 Å². The molecule has 0 aliphatic heterocycles. The van der Waals surface area contributed by atoms with E-state index in [1.807, 2.05) is 0 Å². The van der Waals surface area contributed by atoms with E-state index in [1.54, 1.807) is 19.2 Å². The van der Waals surface area contributed by atoms with Crippen molar-refractivity contribution in [1.82, 2.24) is 10.2 Å². The Morgan fingerprint density at radius 1 is 1.90 bits per heavy atom. The van der Waals surface area contributed by atoms with Crippen LogP contribution in [0.4, 0.5) is 0 Å². The Balaban J connectivity index is 2.77. The molecule has 1 aromatic rings. The molecule has 0 aliphatic carbocycles. The summed E-state index contributed by atoms with van der Waals surface area (Å²) in [5.41, 5.74) is 5.80. The molecule has 0 aliphatic rings. The molecule has 4 nitrogen and oxygen atoms in total. The van der Waals surface area contributed by atoms with E-state index in [0.717, 1.165) is 5.69 Å². The van der Waals surface area contributed by atoms with Crippen LogP contribution in [-0.4, -0.2) is 16.1 Å². The van der Waals surface area contributed by atoms with Crippen molar-refractivity contribution in [2.45, 2.75) is 12.8 Å². The van der Waals surface area contributed by atoms with E-state index in [2.05, 4.69) is 10.2 Å². The van der Waals surface area contributed by atoms with Gasteiger partial charge in [-0.2, -0.15) is 5.10 Å². The number of H-pyrrole nitrogens is 1. The Kier molecular flexibility index (Phi) is 1.71. The van der Waals surface area contributed by atoms with Crippen LogP contribution in [0.2, 0.25) is 0 Å². The van der Waals surface area contributed by atoms with Gasteiger partial charge in [-0.05, 0) is 13.0 Å². The SMILES string of the molecule is CC(C(N)=O)c1ccn[nH]1. The fraction of sp³-hybridized carbons (Fsp3) is 0.333. The largest absolute Gasteiger partial charge is 0.369 e. The zero-order chi connectivity index (χ0) is 7.56. The molecule has 1 unspecified atom stereocenters. The van der Waals surface area contributed by atoms with Gasteiger partial charge in [0, 0.05) is 11.9 Å². The van der Waals surface area contributed by atoms with E-state index < -0.39 is 0 Å². The van der Waals surface area contributed by atoms with E-state index in [0.29, 0.717) is 0 Å². The summed E-state index contributed by atoms with van der Waals surface area (Å²) in [6.45, 7) is 1.73. The predicted octanol–water partition coefficient (Wildman–Crippen LogP) is -0.00150. The number of aromatic nitrogens is 2. The summed E-state index contributed by atoms with van der Waals surface area (Å²) >= 11 is 0. The summed E-state index contributed by atoms with van der Waals surface area (Å²) in [5, 5.41) is 6.36. The molecule has 10 heavy (non-hydrogen) atoms. The zero-order valence-corrected chi connectivity index (χ0v) is 5.66. The molecule has 0 radical (unpaired) electrons. The highest BCUT2D eigenvalue weighted by molar-refractivity contribution is 5.80. The first-order valence-electron chi connectivity index (χ1n) is 3.00. The number of amides is 1. The molecule has 1 amide bonds. The third-order valence-corrected chi connectivity index (χ3v) is 1.42. The van der Waals surface area contributed by atoms with E-state index in [9.17, 15) is 4.79 Å². The van der Waals surface area contributed by atoms with Crippen molar-refractivity contribution in [3.63, 3.8) is 0 Å². The molecule has 0 saturated heterocycles. The first kappa shape index (κ1) is 6.80. The molecule has 4 heteroatoms. The van der Waals surface area contributed by atoms with Crippen molar-refractivity contribution in [3.8, 4) is 0 Å². The first-order valence-corrected chi connectivity index (χ1v) is 3.00. The van der Waals surface area contributed by atoms with E-state index in [-0.39, 0.29) is 11.8 Å². The number of rotatable bonds is 2. The van der Waals surface area contributed by atoms with Crippen molar-refractivity contribution in [1.29, 1.82) is 0 Å². The van der Waals surface area contributed by atoms with Crippen molar-refractivity contribution in [2.75, 3.05) is 0 Å². The molecule has 0 saturated carbocycles. The normalized spacial score (nSPS) is 12.9. The number of carbonyl (C=O) groups is 1. The van der Waals surface area contributed by atoms with Crippen LogP contribution >= 0.6 is 0 Å². The van der Waals surface area contributed by atoms with Crippen LogP contribution in [0.15, 0.2) is 12.3 Å². The number of carbonyl (C=O) groups excluding carboxylic acids is 1. The second kappa shape index (κ2) is 2.51. The highest BCUT2D eigenvalue weighted by Gasteiger charge is 2.11. The van der Waals surface area contributed by atoms with Crippen molar-refractivity contribution in [3.05, 3.63) is 18.0 Å². The lowest BCUT2D eigenvalue weighted by Crippen LogP contribution is -2.18. The highest BCUT2D eigenvalue weighted by Crippen LogP contribution is 2.08. The lowest BCUT2D eigenvalue weighted by atomic mass is 10.1. The quantitative estimate of drug-likeness (QED) is 0.605. The minimum atomic E-state index is -0.343. The number of aromatic amines is 1. The molecule has 0 fully saturated rings. The third kappa shape index (κ3) is 1.15. The van der Waals surface area contributed by atoms with Gasteiger partial charge in [-0.1, -0.05) is 0 Å². The number of nitrogens with zero attached hydrogens (tertiary/aromatic N) is 1. The van der Waals surface area contributed by atoms with Gasteiger partial charge >= 0.3 is 0 Å². The molecule has 1 atom stereocenters. The Labute approximate surface area is 58.4 Å². The van der Waals surface area contributed by atoms with Gasteiger partial charge in [0.05, 0.1) is 5.92 Å². The maximum Gasteiger partial charge on any atom is 0.226 e. The number of nitrogens with two attached hydrogens (primary N) is 1. The molecule has 0 aromatic carbocycles. The number of primary amides is 1. The predicted molar refractivity (Wildman–Crippen MR) is 36.2 cm³/mol. The van der Waals surface area contributed by atoms with E-state index >= 15 is 0 Å². The second-order valence-electron chi connectivity index (χ2n) is 2.14. The lowest BCUT2D eigenvalue weighted by Gasteiger charge is -2.01. The molecule has 1 rings (SSSR count). The fourth-order valence-electron chi connectivity index (χ4n) is 0.661. The monoisotopic (exact) mass is 139 g/mol. The van der Waals surface area contributed by atoms with Crippen LogP contribution in [0, 0.1) is 0 Å². The minimum Gasteiger partial charge on any atom is -0.369 e. The molecule has 0 spiro atoms. The van der Waals surface area contributed by atoms with Crippen LogP contribution in [0.1, 0.15) is 18.5 Å². The van der Waals surface area contributed by atoms with Gasteiger partial charge < -0.3 is 5.73 Å². The molecule has 54 valence electrons. The van der Waals surface area contributed by atoms with Gasteiger partial charge in [-0.25, -0.2) is 0 Å². The maximum atomic E-state index is 10.6. The van der Waals surface area contributed by atoms with Gasteiger partial charge in [0.15, 0.2) is 0 Å². The first-order chi connectivity index (χ1) is 4.72. The summed E-state index contributed by atoms with van der Waals surface area (Å²) in [6.07, 6.45) is 1.59. The minimum absolute atomic E-state index is 0.275. The third-order valence-electron chi connectivity index (χ3n) is 1.42. The van der Waals surface area contributed by atoms with Gasteiger partial charge in [0.2, 0.25) is 5.91 Å². The molecule has 1 aromatic heterocycles. The lowest BCUT2D eigenvalue weighted by molar-refractivity contribution is -0.119.